The molecule has 0 aliphatic carbocycles. The number of rotatable bonds is 6. The molecule has 0 amide bonds. The van der Waals surface area contributed by atoms with Gasteiger partial charge in [-0.1, -0.05) is 28.1 Å². The van der Waals surface area contributed by atoms with Crippen LogP contribution in [0.1, 0.15) is 17.2 Å². The Hall–Kier alpha value is -1.34. The first-order valence-electron chi connectivity index (χ1n) is 6.06. The first-order chi connectivity index (χ1) is 9.67. The Bertz CT molecular complexity index is 589. The van der Waals surface area contributed by atoms with Crippen LogP contribution in [0, 0.1) is 11.6 Å². The Morgan fingerprint density at radius 3 is 2.70 bits per heavy atom. The fourth-order valence-corrected chi connectivity index (χ4v) is 2.31. The van der Waals surface area contributed by atoms with Gasteiger partial charge >= 0.3 is 0 Å². The zero-order chi connectivity index (χ0) is 14.5. The van der Waals surface area contributed by atoms with Crippen molar-refractivity contribution in [3.63, 3.8) is 0 Å². The van der Waals surface area contributed by atoms with E-state index in [1.165, 1.54) is 6.07 Å². The highest BCUT2D eigenvalue weighted by Gasteiger charge is 2.15. The second-order valence-corrected chi connectivity index (χ2v) is 4.76. The normalized spacial score (nSPS) is 11.0. The van der Waals surface area contributed by atoms with E-state index in [9.17, 15) is 8.78 Å². The molecule has 108 valence electrons. The summed E-state index contributed by atoms with van der Waals surface area (Å²) < 4.78 is 33.8. The maximum absolute atomic E-state index is 13.7. The molecule has 0 atom stereocenters. The summed E-state index contributed by atoms with van der Waals surface area (Å²) in [6.07, 6.45) is 0.188. The lowest BCUT2D eigenvalue weighted by atomic mass is 10.1. The molecule has 0 spiro atoms. The van der Waals surface area contributed by atoms with Gasteiger partial charge in [0.2, 0.25) is 0 Å². The number of nitrogens with zero attached hydrogens (tertiary/aromatic N) is 3. The number of alkyl halides is 1. The third kappa shape index (κ3) is 3.21. The van der Waals surface area contributed by atoms with Crippen molar-refractivity contribution in [3.05, 3.63) is 47.0 Å². The van der Waals surface area contributed by atoms with E-state index in [1.54, 1.807) is 13.2 Å². The van der Waals surface area contributed by atoms with Crippen molar-refractivity contribution in [1.29, 1.82) is 0 Å². The van der Waals surface area contributed by atoms with Gasteiger partial charge in [0.25, 0.3) is 0 Å². The van der Waals surface area contributed by atoms with Gasteiger partial charge in [-0.15, -0.1) is 10.2 Å². The highest BCUT2D eigenvalue weighted by molar-refractivity contribution is 9.08. The minimum absolute atomic E-state index is 0.188. The lowest BCUT2D eigenvalue weighted by Crippen LogP contribution is -2.12. The molecule has 0 unspecified atom stereocenters. The van der Waals surface area contributed by atoms with Crippen molar-refractivity contribution in [2.24, 2.45) is 0 Å². The average molecular weight is 346 g/mol. The molecule has 4 nitrogen and oxygen atoms in total. The van der Waals surface area contributed by atoms with E-state index in [0.29, 0.717) is 24.3 Å². The van der Waals surface area contributed by atoms with Crippen LogP contribution in [0.5, 0.6) is 0 Å². The van der Waals surface area contributed by atoms with Crippen LogP contribution >= 0.6 is 15.9 Å². The summed E-state index contributed by atoms with van der Waals surface area (Å²) in [5.41, 5.74) is 0.261. The standard InChI is InChI=1S/C13H14BrF2N3O/c1-20-6-5-19-11(17-18-12(19)8-14)7-9-3-2-4-10(15)13(9)16/h2-4H,5-8H2,1H3. The molecule has 0 radical (unpaired) electrons. The van der Waals surface area contributed by atoms with Crippen LogP contribution in [0.3, 0.4) is 0 Å². The third-order valence-corrected chi connectivity index (χ3v) is 3.42. The van der Waals surface area contributed by atoms with Gasteiger partial charge in [0, 0.05) is 20.1 Å². The average Bonchev–Trinajstić information content (AvgIpc) is 2.83. The van der Waals surface area contributed by atoms with Gasteiger partial charge in [0.1, 0.15) is 11.6 Å². The maximum atomic E-state index is 13.7. The molecule has 20 heavy (non-hydrogen) atoms. The number of ether oxygens (including phenoxy) is 1. The number of benzene rings is 1. The van der Waals surface area contributed by atoms with Gasteiger partial charge in [0.15, 0.2) is 11.6 Å². The molecule has 7 heteroatoms. The number of hydrogen-bond acceptors (Lipinski definition) is 3. The monoisotopic (exact) mass is 345 g/mol. The van der Waals surface area contributed by atoms with Crippen LogP contribution < -0.4 is 0 Å². The molecule has 1 heterocycles. The molecule has 0 N–H and O–H groups in total. The smallest absolute Gasteiger partial charge is 0.162 e. The summed E-state index contributed by atoms with van der Waals surface area (Å²) in [6, 6.07) is 4.12. The minimum Gasteiger partial charge on any atom is -0.383 e. The summed E-state index contributed by atoms with van der Waals surface area (Å²) in [5.74, 6) is -0.379. The number of hydrogen-bond donors (Lipinski definition) is 0. The zero-order valence-electron chi connectivity index (χ0n) is 10.9. The summed E-state index contributed by atoms with van der Waals surface area (Å²) in [4.78, 5) is 0. The van der Waals surface area contributed by atoms with Crippen LogP contribution in [0.15, 0.2) is 18.2 Å². The van der Waals surface area contributed by atoms with Crippen LogP contribution in [-0.4, -0.2) is 28.5 Å². The summed E-state index contributed by atoms with van der Waals surface area (Å²) >= 11 is 3.33. The third-order valence-electron chi connectivity index (χ3n) is 2.92. The molecular formula is C13H14BrF2N3O. The Labute approximate surface area is 123 Å². The first-order valence-corrected chi connectivity index (χ1v) is 7.18. The Morgan fingerprint density at radius 2 is 2.00 bits per heavy atom. The Balaban J connectivity index is 2.28. The van der Waals surface area contributed by atoms with Crippen molar-refractivity contribution in [1.82, 2.24) is 14.8 Å². The van der Waals surface area contributed by atoms with E-state index in [-0.39, 0.29) is 12.0 Å². The quantitative estimate of drug-likeness (QED) is 0.755. The Kier molecular flexibility index (Phi) is 5.19. The van der Waals surface area contributed by atoms with E-state index in [1.807, 2.05) is 4.57 Å². The van der Waals surface area contributed by atoms with E-state index in [2.05, 4.69) is 26.1 Å². The maximum Gasteiger partial charge on any atom is 0.162 e. The highest BCUT2D eigenvalue weighted by Crippen LogP contribution is 2.16. The van der Waals surface area contributed by atoms with Crippen molar-refractivity contribution in [2.45, 2.75) is 18.3 Å². The molecule has 0 bridgehead atoms. The second-order valence-electron chi connectivity index (χ2n) is 4.20. The summed E-state index contributed by atoms with van der Waals surface area (Å²) in [6.45, 7) is 1.06. The fraction of sp³-hybridized carbons (Fsp3) is 0.385. The molecule has 0 aliphatic heterocycles. The number of halogens is 3. The van der Waals surface area contributed by atoms with Crippen LogP contribution in [0.4, 0.5) is 8.78 Å². The summed E-state index contributed by atoms with van der Waals surface area (Å²) in [5, 5.41) is 8.61. The molecule has 0 saturated heterocycles. The van der Waals surface area contributed by atoms with Crippen molar-refractivity contribution >= 4 is 15.9 Å². The van der Waals surface area contributed by atoms with E-state index in [4.69, 9.17) is 4.74 Å². The van der Waals surface area contributed by atoms with Crippen LogP contribution in [0.2, 0.25) is 0 Å². The lowest BCUT2D eigenvalue weighted by Gasteiger charge is -2.09. The van der Waals surface area contributed by atoms with Gasteiger partial charge in [-0.2, -0.15) is 0 Å². The molecule has 2 rings (SSSR count). The second kappa shape index (κ2) is 6.90. The molecule has 1 aromatic carbocycles. The van der Waals surface area contributed by atoms with Gasteiger partial charge in [0.05, 0.1) is 11.9 Å². The molecule has 0 fully saturated rings. The molecular weight excluding hydrogens is 332 g/mol. The van der Waals surface area contributed by atoms with Crippen molar-refractivity contribution in [2.75, 3.05) is 13.7 Å². The predicted octanol–water partition coefficient (Wildman–Crippen LogP) is 2.69. The largest absolute Gasteiger partial charge is 0.383 e. The first kappa shape index (κ1) is 15.1. The molecule has 0 saturated carbocycles. The molecule has 0 aliphatic rings. The molecule has 2 aromatic rings. The van der Waals surface area contributed by atoms with Gasteiger partial charge in [-0.05, 0) is 11.6 Å². The SMILES string of the molecule is COCCn1c(CBr)nnc1Cc1cccc(F)c1F. The zero-order valence-corrected chi connectivity index (χ0v) is 12.5. The van der Waals surface area contributed by atoms with Crippen LogP contribution in [-0.2, 0) is 23.0 Å². The number of aromatic nitrogens is 3. The van der Waals surface area contributed by atoms with E-state index in [0.717, 1.165) is 11.9 Å². The van der Waals surface area contributed by atoms with Crippen molar-refractivity contribution in [3.8, 4) is 0 Å². The Morgan fingerprint density at radius 1 is 1.25 bits per heavy atom. The molecule has 1 aromatic heterocycles. The minimum atomic E-state index is -0.855. The van der Waals surface area contributed by atoms with Crippen molar-refractivity contribution < 1.29 is 13.5 Å². The van der Waals surface area contributed by atoms with Gasteiger partial charge in [-0.3, -0.25) is 0 Å². The topological polar surface area (TPSA) is 39.9 Å². The predicted molar refractivity (Wildman–Crippen MR) is 73.7 cm³/mol. The van der Waals surface area contributed by atoms with Gasteiger partial charge < -0.3 is 9.30 Å². The van der Waals surface area contributed by atoms with Crippen LogP contribution in [0.25, 0.3) is 0 Å². The summed E-state index contributed by atoms with van der Waals surface area (Å²) in [7, 11) is 1.60. The fourth-order valence-electron chi connectivity index (χ4n) is 1.90. The highest BCUT2D eigenvalue weighted by atomic mass is 79.9. The van der Waals surface area contributed by atoms with E-state index >= 15 is 0 Å². The number of methoxy groups -OCH3 is 1. The van der Waals surface area contributed by atoms with E-state index < -0.39 is 11.6 Å². The lowest BCUT2D eigenvalue weighted by molar-refractivity contribution is 0.185. The van der Waals surface area contributed by atoms with Gasteiger partial charge in [-0.25, -0.2) is 8.78 Å².